The monoisotopic (exact) mass is 312 g/mol. The SMILES string of the molecule is CC(C)(C)SCC(=O)Nc1nc(-c2cccs2)cs1. The van der Waals surface area contributed by atoms with Gasteiger partial charge in [0, 0.05) is 10.1 Å². The van der Waals surface area contributed by atoms with Crippen LogP contribution in [-0.4, -0.2) is 21.4 Å². The van der Waals surface area contributed by atoms with Gasteiger partial charge in [0.05, 0.1) is 16.3 Å². The fourth-order valence-electron chi connectivity index (χ4n) is 1.31. The highest BCUT2D eigenvalue weighted by atomic mass is 32.2. The molecule has 0 bridgehead atoms. The number of thiazole rings is 1. The van der Waals surface area contributed by atoms with Crippen LogP contribution in [0, 0.1) is 0 Å². The van der Waals surface area contributed by atoms with E-state index >= 15 is 0 Å². The van der Waals surface area contributed by atoms with Crippen LogP contribution in [0.2, 0.25) is 0 Å². The minimum atomic E-state index is 0.00649. The molecular formula is C13H16N2OS3. The van der Waals surface area contributed by atoms with Crippen molar-refractivity contribution in [2.75, 3.05) is 11.1 Å². The molecular weight excluding hydrogens is 296 g/mol. The molecule has 0 fully saturated rings. The van der Waals surface area contributed by atoms with Crippen LogP contribution in [0.1, 0.15) is 20.8 Å². The average Bonchev–Trinajstić information content (AvgIpc) is 2.94. The molecule has 0 aliphatic rings. The number of hydrogen-bond acceptors (Lipinski definition) is 5. The number of thiophene rings is 1. The molecule has 2 aromatic rings. The molecule has 0 radical (unpaired) electrons. The second kappa shape index (κ2) is 6.07. The molecule has 0 aromatic carbocycles. The summed E-state index contributed by atoms with van der Waals surface area (Å²) in [5.74, 6) is 0.462. The van der Waals surface area contributed by atoms with Crippen LogP contribution >= 0.6 is 34.4 Å². The number of rotatable bonds is 4. The van der Waals surface area contributed by atoms with E-state index in [2.05, 4.69) is 31.1 Å². The number of nitrogens with one attached hydrogen (secondary N) is 1. The Balaban J connectivity index is 1.91. The van der Waals surface area contributed by atoms with E-state index in [1.807, 2.05) is 22.9 Å². The second-order valence-electron chi connectivity index (χ2n) is 4.96. The Morgan fingerprint density at radius 2 is 2.21 bits per heavy atom. The largest absolute Gasteiger partial charge is 0.301 e. The van der Waals surface area contributed by atoms with Crippen molar-refractivity contribution in [2.24, 2.45) is 0 Å². The highest BCUT2D eigenvalue weighted by Gasteiger charge is 2.14. The molecule has 6 heteroatoms. The van der Waals surface area contributed by atoms with Crippen LogP contribution in [0.15, 0.2) is 22.9 Å². The number of carbonyl (C=O) groups excluding carboxylic acids is 1. The van der Waals surface area contributed by atoms with Crippen LogP contribution in [0.4, 0.5) is 5.13 Å². The Labute approximate surface area is 125 Å². The Bertz CT molecular complexity index is 540. The topological polar surface area (TPSA) is 42.0 Å². The number of hydrogen-bond donors (Lipinski definition) is 1. The molecule has 0 spiro atoms. The normalized spacial score (nSPS) is 11.5. The van der Waals surface area contributed by atoms with E-state index < -0.39 is 0 Å². The summed E-state index contributed by atoms with van der Waals surface area (Å²) in [4.78, 5) is 17.3. The van der Waals surface area contributed by atoms with Gasteiger partial charge in [-0.2, -0.15) is 0 Å². The average molecular weight is 312 g/mol. The van der Waals surface area contributed by atoms with Crippen molar-refractivity contribution < 1.29 is 4.79 Å². The molecule has 2 heterocycles. The summed E-state index contributed by atoms with van der Waals surface area (Å²) in [7, 11) is 0. The zero-order valence-electron chi connectivity index (χ0n) is 11.1. The highest BCUT2D eigenvalue weighted by Crippen LogP contribution is 2.28. The van der Waals surface area contributed by atoms with Gasteiger partial charge in [0.15, 0.2) is 5.13 Å². The van der Waals surface area contributed by atoms with E-state index in [9.17, 15) is 4.79 Å². The van der Waals surface area contributed by atoms with Crippen molar-refractivity contribution in [3.8, 4) is 10.6 Å². The van der Waals surface area contributed by atoms with E-state index in [0.29, 0.717) is 10.9 Å². The van der Waals surface area contributed by atoms with Gasteiger partial charge >= 0.3 is 0 Å². The van der Waals surface area contributed by atoms with Gasteiger partial charge in [0.2, 0.25) is 5.91 Å². The fourth-order valence-corrected chi connectivity index (χ4v) is 3.43. The van der Waals surface area contributed by atoms with Gasteiger partial charge in [-0.15, -0.1) is 34.4 Å². The van der Waals surface area contributed by atoms with Gasteiger partial charge in [0.25, 0.3) is 0 Å². The first-order valence-corrected chi connectivity index (χ1v) is 8.62. The Morgan fingerprint density at radius 3 is 2.84 bits per heavy atom. The van der Waals surface area contributed by atoms with E-state index in [1.165, 1.54) is 11.3 Å². The Morgan fingerprint density at radius 1 is 1.42 bits per heavy atom. The molecule has 0 aliphatic carbocycles. The fraction of sp³-hybridized carbons (Fsp3) is 0.385. The smallest absolute Gasteiger partial charge is 0.236 e. The van der Waals surface area contributed by atoms with Gasteiger partial charge in [-0.3, -0.25) is 4.79 Å². The molecule has 1 amide bonds. The molecule has 3 nitrogen and oxygen atoms in total. The van der Waals surface area contributed by atoms with Crippen molar-refractivity contribution in [3.63, 3.8) is 0 Å². The molecule has 0 saturated heterocycles. The van der Waals surface area contributed by atoms with Gasteiger partial charge < -0.3 is 5.32 Å². The lowest BCUT2D eigenvalue weighted by Gasteiger charge is -2.16. The first kappa shape index (κ1) is 14.6. The zero-order valence-corrected chi connectivity index (χ0v) is 13.5. The van der Waals surface area contributed by atoms with E-state index in [-0.39, 0.29) is 10.7 Å². The summed E-state index contributed by atoms with van der Waals surface area (Å²) >= 11 is 4.75. The van der Waals surface area contributed by atoms with Crippen molar-refractivity contribution in [2.45, 2.75) is 25.5 Å². The summed E-state index contributed by atoms with van der Waals surface area (Å²) in [5, 5.41) is 7.51. The van der Waals surface area contributed by atoms with Crippen LogP contribution in [-0.2, 0) is 4.79 Å². The van der Waals surface area contributed by atoms with Crippen molar-refractivity contribution in [1.29, 1.82) is 0 Å². The minimum Gasteiger partial charge on any atom is -0.301 e. The maximum atomic E-state index is 11.8. The van der Waals surface area contributed by atoms with E-state index in [4.69, 9.17) is 0 Å². The molecule has 0 atom stereocenters. The Hall–Kier alpha value is -0.850. The Kier molecular flexibility index (Phi) is 4.65. The highest BCUT2D eigenvalue weighted by molar-refractivity contribution is 8.01. The van der Waals surface area contributed by atoms with Gasteiger partial charge in [-0.05, 0) is 11.4 Å². The maximum absolute atomic E-state index is 11.8. The van der Waals surface area contributed by atoms with Crippen molar-refractivity contribution >= 4 is 45.5 Å². The number of aromatic nitrogens is 1. The first-order valence-electron chi connectivity index (χ1n) is 5.87. The summed E-state index contributed by atoms with van der Waals surface area (Å²) in [6.07, 6.45) is 0. The first-order chi connectivity index (χ1) is 8.94. The number of thioether (sulfide) groups is 1. The molecule has 102 valence electrons. The van der Waals surface area contributed by atoms with Crippen molar-refractivity contribution in [3.05, 3.63) is 22.9 Å². The number of nitrogens with zero attached hydrogens (tertiary/aromatic N) is 1. The predicted octanol–water partition coefficient (Wildman–Crippen LogP) is 4.34. The minimum absolute atomic E-state index is 0.00649. The summed E-state index contributed by atoms with van der Waals surface area (Å²) in [5.41, 5.74) is 0.929. The van der Waals surface area contributed by atoms with Gasteiger partial charge in [-0.25, -0.2) is 4.98 Å². The standard InChI is InChI=1S/C13H16N2OS3/c1-13(2,3)19-8-11(16)15-12-14-9(7-18-12)10-5-4-6-17-10/h4-7H,8H2,1-3H3,(H,14,15,16). The molecule has 0 unspecified atom stereocenters. The molecule has 19 heavy (non-hydrogen) atoms. The predicted molar refractivity (Wildman–Crippen MR) is 86.3 cm³/mol. The van der Waals surface area contributed by atoms with E-state index in [0.717, 1.165) is 10.6 Å². The summed E-state index contributed by atoms with van der Waals surface area (Å²) in [6, 6.07) is 4.03. The summed E-state index contributed by atoms with van der Waals surface area (Å²) in [6.45, 7) is 6.30. The number of amides is 1. The van der Waals surface area contributed by atoms with Crippen LogP contribution < -0.4 is 5.32 Å². The lowest BCUT2D eigenvalue weighted by atomic mass is 10.3. The molecule has 0 aliphatic heterocycles. The second-order valence-corrected chi connectivity index (χ2v) is 8.57. The lowest BCUT2D eigenvalue weighted by Crippen LogP contribution is -2.18. The molecule has 2 aromatic heterocycles. The van der Waals surface area contributed by atoms with Crippen LogP contribution in [0.25, 0.3) is 10.6 Å². The van der Waals surface area contributed by atoms with Gasteiger partial charge in [0.1, 0.15) is 0 Å². The van der Waals surface area contributed by atoms with Crippen LogP contribution in [0.3, 0.4) is 0 Å². The lowest BCUT2D eigenvalue weighted by molar-refractivity contribution is -0.113. The quantitative estimate of drug-likeness (QED) is 0.913. The summed E-state index contributed by atoms with van der Waals surface area (Å²) < 4.78 is 0.0996. The van der Waals surface area contributed by atoms with Crippen molar-refractivity contribution in [1.82, 2.24) is 4.98 Å². The third-order valence-corrected chi connectivity index (χ3v) is 5.08. The molecule has 2 rings (SSSR count). The third kappa shape index (κ3) is 4.63. The van der Waals surface area contributed by atoms with Gasteiger partial charge in [-0.1, -0.05) is 26.8 Å². The third-order valence-electron chi connectivity index (χ3n) is 2.16. The zero-order chi connectivity index (χ0) is 13.9. The number of anilines is 1. The number of carbonyl (C=O) groups is 1. The molecule has 1 N–H and O–H groups in total. The molecule has 0 saturated carbocycles. The maximum Gasteiger partial charge on any atom is 0.236 e. The van der Waals surface area contributed by atoms with E-state index in [1.54, 1.807) is 23.1 Å². The van der Waals surface area contributed by atoms with Crippen LogP contribution in [0.5, 0.6) is 0 Å².